The van der Waals surface area contributed by atoms with Gasteiger partial charge in [-0.15, -0.1) is 11.3 Å². The molecule has 5 nitrogen and oxygen atoms in total. The predicted molar refractivity (Wildman–Crippen MR) is 104 cm³/mol. The van der Waals surface area contributed by atoms with Gasteiger partial charge in [0.25, 0.3) is 0 Å². The Labute approximate surface area is 149 Å². The highest BCUT2D eigenvalue weighted by atomic mass is 32.1. The van der Waals surface area contributed by atoms with Crippen molar-refractivity contribution in [2.45, 2.75) is 6.54 Å². The molecule has 0 amide bonds. The van der Waals surface area contributed by atoms with E-state index in [0.29, 0.717) is 6.54 Å². The molecule has 124 valence electrons. The van der Waals surface area contributed by atoms with E-state index in [1.165, 1.54) is 11.3 Å². The molecule has 0 radical (unpaired) electrons. The molecule has 0 atom stereocenters. The van der Waals surface area contributed by atoms with Gasteiger partial charge in [0.2, 0.25) is 0 Å². The van der Waals surface area contributed by atoms with Crippen LogP contribution in [0.5, 0.6) is 0 Å². The van der Waals surface area contributed by atoms with Crippen LogP contribution in [0.3, 0.4) is 0 Å². The zero-order chi connectivity index (χ0) is 17.2. The highest BCUT2D eigenvalue weighted by molar-refractivity contribution is 7.14. The summed E-state index contributed by atoms with van der Waals surface area (Å²) in [5, 5.41) is 11.8. The van der Waals surface area contributed by atoms with E-state index in [1.54, 1.807) is 4.90 Å². The van der Waals surface area contributed by atoms with E-state index in [-0.39, 0.29) is 5.96 Å². The molecule has 0 aliphatic heterocycles. The first-order chi connectivity index (χ1) is 12.2. The van der Waals surface area contributed by atoms with Crippen LogP contribution in [0.15, 0.2) is 66.2 Å². The van der Waals surface area contributed by atoms with Gasteiger partial charge < -0.3 is 10.7 Å². The number of nitrogens with two attached hydrogens (primary N) is 1. The molecule has 2 aromatic heterocycles. The number of H-pyrrole nitrogens is 1. The molecular weight excluding hydrogens is 330 g/mol. The van der Waals surface area contributed by atoms with Crippen LogP contribution in [0.1, 0.15) is 5.56 Å². The second-order valence-electron chi connectivity index (χ2n) is 5.72. The fraction of sp³-hybridized carbons (Fsp3) is 0.0526. The summed E-state index contributed by atoms with van der Waals surface area (Å²) in [6.07, 6.45) is 1.97. The highest BCUT2D eigenvalue weighted by Crippen LogP contribution is 2.32. The second kappa shape index (κ2) is 6.41. The average Bonchev–Trinajstić information content (AvgIpc) is 3.27. The molecule has 4 aromatic rings. The van der Waals surface area contributed by atoms with Gasteiger partial charge in [-0.25, -0.2) is 4.98 Å². The van der Waals surface area contributed by atoms with Crippen molar-refractivity contribution in [1.82, 2.24) is 9.97 Å². The number of aromatic amines is 1. The molecule has 0 saturated carbocycles. The van der Waals surface area contributed by atoms with Crippen LogP contribution in [-0.2, 0) is 6.54 Å². The standard InChI is InChI=1S/C19H17N5S/c20-18(21)24(11-13-6-2-1-3-7-13)19-23-17(12-25-19)15-10-22-16-9-5-4-8-14(15)16/h1-10,12,22H,11H2,(H3,20,21). The molecule has 0 fully saturated rings. The summed E-state index contributed by atoms with van der Waals surface area (Å²) in [7, 11) is 0. The van der Waals surface area contributed by atoms with E-state index < -0.39 is 0 Å². The lowest BCUT2D eigenvalue weighted by molar-refractivity contribution is 0.976. The number of hydrogen-bond donors (Lipinski definition) is 3. The number of thiazole rings is 1. The molecule has 0 bridgehead atoms. The molecule has 4 N–H and O–H groups in total. The molecule has 2 aromatic carbocycles. The first-order valence-electron chi connectivity index (χ1n) is 7.90. The van der Waals surface area contributed by atoms with Gasteiger partial charge in [0.15, 0.2) is 11.1 Å². The van der Waals surface area contributed by atoms with E-state index in [4.69, 9.17) is 16.1 Å². The molecule has 0 spiro atoms. The number of aromatic nitrogens is 2. The summed E-state index contributed by atoms with van der Waals surface area (Å²) < 4.78 is 0. The molecule has 25 heavy (non-hydrogen) atoms. The minimum absolute atomic E-state index is 0.0105. The normalized spacial score (nSPS) is 10.9. The fourth-order valence-electron chi connectivity index (χ4n) is 2.82. The van der Waals surface area contributed by atoms with Crippen LogP contribution in [0.4, 0.5) is 5.13 Å². The summed E-state index contributed by atoms with van der Waals surface area (Å²) in [6.45, 7) is 0.525. The minimum atomic E-state index is -0.0105. The zero-order valence-electron chi connectivity index (χ0n) is 13.4. The zero-order valence-corrected chi connectivity index (χ0v) is 14.3. The number of guanidine groups is 1. The summed E-state index contributed by atoms with van der Waals surface area (Å²) in [6, 6.07) is 18.1. The Morgan fingerprint density at radius 2 is 1.88 bits per heavy atom. The van der Waals surface area contributed by atoms with Crippen molar-refractivity contribution in [3.63, 3.8) is 0 Å². The monoisotopic (exact) mass is 347 g/mol. The largest absolute Gasteiger partial charge is 0.370 e. The summed E-state index contributed by atoms with van der Waals surface area (Å²) in [5.41, 5.74) is 9.92. The molecular formula is C19H17N5S. The highest BCUT2D eigenvalue weighted by Gasteiger charge is 2.16. The SMILES string of the molecule is N=C(N)N(Cc1ccccc1)c1nc(-c2c[nH]c3ccccc23)cs1. The van der Waals surface area contributed by atoms with Crippen LogP contribution in [0, 0.1) is 5.41 Å². The number of rotatable bonds is 4. The topological polar surface area (TPSA) is 81.8 Å². The van der Waals surface area contributed by atoms with E-state index in [2.05, 4.69) is 11.1 Å². The molecule has 0 saturated heterocycles. The van der Waals surface area contributed by atoms with Crippen molar-refractivity contribution < 1.29 is 0 Å². The quantitative estimate of drug-likeness (QED) is 0.382. The van der Waals surface area contributed by atoms with E-state index in [1.807, 2.05) is 60.1 Å². The number of nitrogens with zero attached hydrogens (tertiary/aromatic N) is 2. The third kappa shape index (κ3) is 2.99. The maximum atomic E-state index is 7.92. The smallest absolute Gasteiger partial charge is 0.195 e. The first kappa shape index (κ1) is 15.4. The van der Waals surface area contributed by atoms with E-state index in [0.717, 1.165) is 32.9 Å². The third-order valence-electron chi connectivity index (χ3n) is 4.06. The number of benzene rings is 2. The number of nitrogens with one attached hydrogen (secondary N) is 2. The fourth-order valence-corrected chi connectivity index (χ4v) is 3.66. The molecule has 0 aliphatic rings. The van der Waals surface area contributed by atoms with Gasteiger partial charge in [0, 0.05) is 28.0 Å². The predicted octanol–water partition coefficient (Wildman–Crippen LogP) is 4.19. The molecule has 6 heteroatoms. The first-order valence-corrected chi connectivity index (χ1v) is 8.78. The van der Waals surface area contributed by atoms with Crippen molar-refractivity contribution >= 4 is 33.3 Å². The van der Waals surface area contributed by atoms with Crippen LogP contribution >= 0.6 is 11.3 Å². The van der Waals surface area contributed by atoms with Crippen molar-refractivity contribution in [1.29, 1.82) is 5.41 Å². The molecule has 0 aliphatic carbocycles. The Kier molecular flexibility index (Phi) is 3.95. The van der Waals surface area contributed by atoms with Crippen LogP contribution in [-0.4, -0.2) is 15.9 Å². The van der Waals surface area contributed by atoms with Gasteiger partial charge in [-0.05, 0) is 11.6 Å². The minimum Gasteiger partial charge on any atom is -0.370 e. The van der Waals surface area contributed by atoms with Crippen molar-refractivity contribution in [3.8, 4) is 11.3 Å². The second-order valence-corrected chi connectivity index (χ2v) is 6.56. The van der Waals surface area contributed by atoms with Crippen molar-refractivity contribution in [3.05, 3.63) is 71.7 Å². The van der Waals surface area contributed by atoms with Gasteiger partial charge in [-0.2, -0.15) is 0 Å². The number of para-hydroxylation sites is 1. The van der Waals surface area contributed by atoms with Crippen molar-refractivity contribution in [2.24, 2.45) is 5.73 Å². The Balaban J connectivity index is 1.68. The van der Waals surface area contributed by atoms with Crippen LogP contribution in [0.25, 0.3) is 22.2 Å². The lowest BCUT2D eigenvalue weighted by atomic mass is 10.1. The Morgan fingerprint density at radius 1 is 1.12 bits per heavy atom. The van der Waals surface area contributed by atoms with Gasteiger partial charge in [-0.3, -0.25) is 10.3 Å². The third-order valence-corrected chi connectivity index (χ3v) is 4.93. The summed E-state index contributed by atoms with van der Waals surface area (Å²) in [5.74, 6) is -0.0105. The lowest BCUT2D eigenvalue weighted by Gasteiger charge is -2.19. The number of hydrogen-bond acceptors (Lipinski definition) is 3. The maximum Gasteiger partial charge on any atom is 0.195 e. The van der Waals surface area contributed by atoms with Crippen molar-refractivity contribution in [2.75, 3.05) is 4.90 Å². The van der Waals surface area contributed by atoms with Gasteiger partial charge in [0.05, 0.1) is 12.2 Å². The van der Waals surface area contributed by atoms with E-state index in [9.17, 15) is 0 Å². The van der Waals surface area contributed by atoms with Gasteiger partial charge >= 0.3 is 0 Å². The van der Waals surface area contributed by atoms with Gasteiger partial charge in [0.1, 0.15) is 0 Å². The van der Waals surface area contributed by atoms with Crippen LogP contribution < -0.4 is 10.6 Å². The Bertz CT molecular complexity index is 1020. The molecule has 0 unspecified atom stereocenters. The Hall–Kier alpha value is -3.12. The Morgan fingerprint density at radius 3 is 2.68 bits per heavy atom. The number of fused-ring (bicyclic) bond motifs is 1. The lowest BCUT2D eigenvalue weighted by Crippen LogP contribution is -2.35. The maximum absolute atomic E-state index is 7.92. The summed E-state index contributed by atoms with van der Waals surface area (Å²) >= 11 is 1.49. The molecule has 2 heterocycles. The van der Waals surface area contributed by atoms with Gasteiger partial charge in [-0.1, -0.05) is 48.5 Å². The number of anilines is 1. The summed E-state index contributed by atoms with van der Waals surface area (Å²) in [4.78, 5) is 9.72. The molecule has 4 rings (SSSR count). The van der Waals surface area contributed by atoms with Crippen LogP contribution in [0.2, 0.25) is 0 Å². The average molecular weight is 347 g/mol. The van der Waals surface area contributed by atoms with E-state index >= 15 is 0 Å².